The third kappa shape index (κ3) is 3.28. The van der Waals surface area contributed by atoms with Gasteiger partial charge in [-0.1, -0.05) is 12.1 Å². The summed E-state index contributed by atoms with van der Waals surface area (Å²) in [5.41, 5.74) is 8.11. The van der Waals surface area contributed by atoms with Gasteiger partial charge in [-0.15, -0.1) is 11.3 Å². The summed E-state index contributed by atoms with van der Waals surface area (Å²) < 4.78 is 6.61. The van der Waals surface area contributed by atoms with Gasteiger partial charge in [-0.2, -0.15) is 0 Å². The maximum absolute atomic E-state index is 12.4. The number of carbonyl (C=O) groups is 2. The Morgan fingerprint density at radius 3 is 2.81 bits per heavy atom. The predicted molar refractivity (Wildman–Crippen MR) is 103 cm³/mol. The standard InChI is InChI=1S/C19H19N3O4S/c20-17(24)16-11-5-1-4-8-14(11)27-18(16)21-15(23)9-10-22-12-6-2-3-7-13(12)26-19(22)25/h2-3,6-7H,1,4-5,8-10H2,(H2,20,24)(H,21,23). The number of benzene rings is 1. The zero-order chi connectivity index (χ0) is 19.0. The molecule has 0 spiro atoms. The number of nitrogens with zero attached hydrogens (tertiary/aromatic N) is 1. The van der Waals surface area contributed by atoms with Gasteiger partial charge in [0, 0.05) is 17.8 Å². The number of nitrogens with two attached hydrogens (primary N) is 1. The smallest absolute Gasteiger partial charge is 0.408 e. The summed E-state index contributed by atoms with van der Waals surface area (Å²) in [5, 5.41) is 3.33. The molecule has 7 nitrogen and oxygen atoms in total. The lowest BCUT2D eigenvalue weighted by atomic mass is 9.95. The number of aromatic nitrogens is 1. The van der Waals surface area contributed by atoms with Gasteiger partial charge in [0.25, 0.3) is 5.91 Å². The summed E-state index contributed by atoms with van der Waals surface area (Å²) in [5.74, 6) is -1.27. The lowest BCUT2D eigenvalue weighted by molar-refractivity contribution is -0.116. The fourth-order valence-electron chi connectivity index (χ4n) is 3.54. The lowest BCUT2D eigenvalue weighted by Crippen LogP contribution is -2.21. The first-order valence-electron chi connectivity index (χ1n) is 8.87. The quantitative estimate of drug-likeness (QED) is 0.704. The van der Waals surface area contributed by atoms with E-state index in [2.05, 4.69) is 5.32 Å². The molecule has 0 atom stereocenters. The highest BCUT2D eigenvalue weighted by Crippen LogP contribution is 2.37. The number of nitrogens with one attached hydrogen (secondary N) is 1. The zero-order valence-electron chi connectivity index (χ0n) is 14.6. The van der Waals surface area contributed by atoms with E-state index in [1.54, 1.807) is 18.2 Å². The molecule has 0 bridgehead atoms. The zero-order valence-corrected chi connectivity index (χ0v) is 15.4. The number of primary amides is 1. The average molecular weight is 385 g/mol. The molecule has 1 aliphatic rings. The van der Waals surface area contributed by atoms with Crippen molar-refractivity contribution in [1.29, 1.82) is 0 Å². The van der Waals surface area contributed by atoms with Crippen molar-refractivity contribution in [3.63, 3.8) is 0 Å². The summed E-state index contributed by atoms with van der Waals surface area (Å²) in [7, 11) is 0. The van der Waals surface area contributed by atoms with Crippen LogP contribution >= 0.6 is 11.3 Å². The summed E-state index contributed by atoms with van der Waals surface area (Å²) in [4.78, 5) is 37.5. The second kappa shape index (κ2) is 7.03. The number of para-hydroxylation sites is 2. The van der Waals surface area contributed by atoms with Crippen molar-refractivity contribution in [2.24, 2.45) is 5.73 Å². The third-order valence-electron chi connectivity index (χ3n) is 4.81. The number of oxazole rings is 1. The normalized spacial score (nSPS) is 13.5. The van der Waals surface area contributed by atoms with E-state index < -0.39 is 11.7 Å². The third-order valence-corrected chi connectivity index (χ3v) is 6.01. The van der Waals surface area contributed by atoms with Crippen molar-refractivity contribution in [1.82, 2.24) is 4.57 Å². The van der Waals surface area contributed by atoms with Crippen LogP contribution in [0.4, 0.5) is 5.00 Å². The van der Waals surface area contributed by atoms with Crippen LogP contribution < -0.4 is 16.8 Å². The molecule has 0 aliphatic heterocycles. The minimum absolute atomic E-state index is 0.0875. The monoisotopic (exact) mass is 385 g/mol. The maximum atomic E-state index is 12.4. The van der Waals surface area contributed by atoms with Crippen molar-refractivity contribution >= 4 is 39.3 Å². The molecule has 1 aliphatic carbocycles. The van der Waals surface area contributed by atoms with Crippen LogP contribution in [0.1, 0.15) is 40.1 Å². The van der Waals surface area contributed by atoms with E-state index in [4.69, 9.17) is 10.2 Å². The van der Waals surface area contributed by atoms with Gasteiger partial charge < -0.3 is 15.5 Å². The average Bonchev–Trinajstić information content (AvgIpc) is 3.16. The van der Waals surface area contributed by atoms with Crippen LogP contribution in [0.5, 0.6) is 0 Å². The van der Waals surface area contributed by atoms with Gasteiger partial charge in [-0.3, -0.25) is 14.2 Å². The molecule has 2 aromatic heterocycles. The predicted octanol–water partition coefficient (Wildman–Crippen LogP) is 2.66. The molecule has 0 saturated carbocycles. The van der Waals surface area contributed by atoms with Crippen molar-refractivity contribution < 1.29 is 14.0 Å². The molecule has 0 saturated heterocycles. The number of anilines is 1. The van der Waals surface area contributed by atoms with Crippen molar-refractivity contribution in [2.45, 2.75) is 38.6 Å². The lowest BCUT2D eigenvalue weighted by Gasteiger charge is -2.11. The van der Waals surface area contributed by atoms with Crippen molar-refractivity contribution in [3.05, 3.63) is 50.8 Å². The first kappa shape index (κ1) is 17.5. The van der Waals surface area contributed by atoms with E-state index in [1.165, 1.54) is 15.9 Å². The minimum atomic E-state index is -0.512. The highest BCUT2D eigenvalue weighted by molar-refractivity contribution is 7.17. The Morgan fingerprint density at radius 2 is 2.00 bits per heavy atom. The Labute approximate surface area is 158 Å². The molecule has 27 heavy (non-hydrogen) atoms. The Hall–Kier alpha value is -2.87. The summed E-state index contributed by atoms with van der Waals surface area (Å²) >= 11 is 1.43. The molecule has 3 aromatic rings. The minimum Gasteiger partial charge on any atom is -0.408 e. The highest BCUT2D eigenvalue weighted by Gasteiger charge is 2.25. The summed E-state index contributed by atoms with van der Waals surface area (Å²) in [6, 6.07) is 7.08. The number of hydrogen-bond acceptors (Lipinski definition) is 5. The molecule has 2 amide bonds. The second-order valence-corrected chi connectivity index (χ2v) is 7.67. The number of carbonyl (C=O) groups excluding carboxylic acids is 2. The van der Waals surface area contributed by atoms with Crippen LogP contribution in [-0.2, 0) is 24.2 Å². The molecule has 4 rings (SSSR count). The maximum Gasteiger partial charge on any atom is 0.419 e. The fraction of sp³-hybridized carbons (Fsp3) is 0.316. The molecular weight excluding hydrogens is 366 g/mol. The second-order valence-electron chi connectivity index (χ2n) is 6.56. The van der Waals surface area contributed by atoms with E-state index in [0.29, 0.717) is 21.7 Å². The molecule has 8 heteroatoms. The fourth-order valence-corrected chi connectivity index (χ4v) is 4.85. The number of rotatable bonds is 5. The van der Waals surface area contributed by atoms with E-state index in [1.807, 2.05) is 6.07 Å². The molecule has 0 unspecified atom stereocenters. The first-order valence-corrected chi connectivity index (χ1v) is 9.69. The van der Waals surface area contributed by atoms with E-state index in [-0.39, 0.29) is 18.9 Å². The number of thiophene rings is 1. The van der Waals surface area contributed by atoms with Crippen LogP contribution in [0.15, 0.2) is 33.5 Å². The Balaban J connectivity index is 1.52. The largest absolute Gasteiger partial charge is 0.419 e. The molecule has 2 heterocycles. The van der Waals surface area contributed by atoms with Gasteiger partial charge in [-0.25, -0.2) is 4.79 Å². The van der Waals surface area contributed by atoms with Crippen LogP contribution in [0.3, 0.4) is 0 Å². The van der Waals surface area contributed by atoms with Gasteiger partial charge in [-0.05, 0) is 43.4 Å². The topological polar surface area (TPSA) is 107 Å². The van der Waals surface area contributed by atoms with E-state index >= 15 is 0 Å². The summed E-state index contributed by atoms with van der Waals surface area (Å²) in [6.07, 6.45) is 3.91. The molecular formula is C19H19N3O4S. The Morgan fingerprint density at radius 1 is 1.22 bits per heavy atom. The Kier molecular flexibility index (Phi) is 4.57. The molecule has 3 N–H and O–H groups in total. The first-order chi connectivity index (χ1) is 13.0. The van der Waals surface area contributed by atoms with Crippen LogP contribution in [0.2, 0.25) is 0 Å². The van der Waals surface area contributed by atoms with Gasteiger partial charge in [0.1, 0.15) is 5.00 Å². The Bertz CT molecular complexity index is 1090. The van der Waals surface area contributed by atoms with Crippen molar-refractivity contribution in [3.8, 4) is 0 Å². The van der Waals surface area contributed by atoms with E-state index in [9.17, 15) is 14.4 Å². The van der Waals surface area contributed by atoms with Gasteiger partial charge >= 0.3 is 5.76 Å². The molecule has 140 valence electrons. The number of fused-ring (bicyclic) bond motifs is 2. The van der Waals surface area contributed by atoms with Crippen LogP contribution in [0, 0.1) is 0 Å². The van der Waals surface area contributed by atoms with Gasteiger partial charge in [0.05, 0.1) is 11.1 Å². The van der Waals surface area contributed by atoms with Gasteiger partial charge in [0.2, 0.25) is 5.91 Å². The highest BCUT2D eigenvalue weighted by atomic mass is 32.1. The van der Waals surface area contributed by atoms with Crippen LogP contribution in [-0.4, -0.2) is 16.4 Å². The van der Waals surface area contributed by atoms with Crippen molar-refractivity contribution in [2.75, 3.05) is 5.32 Å². The molecule has 0 radical (unpaired) electrons. The summed E-state index contributed by atoms with van der Waals surface area (Å²) in [6.45, 7) is 0.193. The number of aryl methyl sites for hydroxylation is 2. The number of hydrogen-bond donors (Lipinski definition) is 2. The molecule has 1 aromatic carbocycles. The van der Waals surface area contributed by atoms with E-state index in [0.717, 1.165) is 36.1 Å². The van der Waals surface area contributed by atoms with Gasteiger partial charge in [0.15, 0.2) is 5.58 Å². The van der Waals surface area contributed by atoms with Crippen LogP contribution in [0.25, 0.3) is 11.1 Å². The molecule has 0 fully saturated rings. The SMILES string of the molecule is NC(=O)c1c(NC(=O)CCn2c(=O)oc3ccccc32)sc2c1CCCC2. The number of amides is 2.